The molecule has 1 aromatic rings. The molecule has 1 aromatic carbocycles. The van der Waals surface area contributed by atoms with Crippen LogP contribution in [0, 0.1) is 0 Å². The number of aliphatic hydroxyl groups excluding tert-OH is 1. The molecule has 0 spiro atoms. The Morgan fingerprint density at radius 3 is 2.53 bits per heavy atom. The summed E-state index contributed by atoms with van der Waals surface area (Å²) in [6.45, 7) is 8.56. The van der Waals surface area contributed by atoms with Crippen LogP contribution in [0.5, 0.6) is 5.75 Å². The molecular formula is C16H22O3. The molecule has 0 aliphatic carbocycles. The highest BCUT2D eigenvalue weighted by Crippen LogP contribution is 2.14. The fourth-order valence-electron chi connectivity index (χ4n) is 1.42. The van der Waals surface area contributed by atoms with Gasteiger partial charge in [0.2, 0.25) is 0 Å². The molecule has 0 aromatic heterocycles. The fraction of sp³-hybridized carbons (Fsp3) is 0.375. The Morgan fingerprint density at radius 1 is 1.32 bits per heavy atom. The molecule has 0 bridgehead atoms. The van der Waals surface area contributed by atoms with E-state index in [0.717, 1.165) is 11.3 Å². The van der Waals surface area contributed by atoms with E-state index in [9.17, 15) is 5.11 Å². The molecule has 0 saturated carbocycles. The van der Waals surface area contributed by atoms with Crippen molar-refractivity contribution in [1.82, 2.24) is 0 Å². The zero-order valence-corrected chi connectivity index (χ0v) is 11.6. The second kappa shape index (κ2) is 8.51. The molecule has 0 amide bonds. The second-order valence-electron chi connectivity index (χ2n) is 4.51. The van der Waals surface area contributed by atoms with Crippen LogP contribution in [0.1, 0.15) is 19.4 Å². The molecule has 1 N–H and O–H groups in total. The summed E-state index contributed by atoms with van der Waals surface area (Å²) in [6.07, 6.45) is 3.42. The highest BCUT2D eigenvalue weighted by Gasteiger charge is 2.09. The van der Waals surface area contributed by atoms with Crippen molar-refractivity contribution in [3.63, 3.8) is 0 Å². The molecule has 0 aliphatic heterocycles. The number of rotatable bonds is 8. The number of hydrogen-bond acceptors (Lipinski definition) is 3. The molecule has 0 heterocycles. The lowest BCUT2D eigenvalue weighted by Gasteiger charge is -2.16. The van der Waals surface area contributed by atoms with Gasteiger partial charge >= 0.3 is 0 Å². The summed E-state index contributed by atoms with van der Waals surface area (Å²) in [6, 6.07) is 7.55. The van der Waals surface area contributed by atoms with Crippen molar-refractivity contribution in [2.75, 3.05) is 19.8 Å². The molecule has 1 atom stereocenters. The van der Waals surface area contributed by atoms with Crippen molar-refractivity contribution in [2.45, 2.75) is 20.0 Å². The molecule has 3 heteroatoms. The predicted molar refractivity (Wildman–Crippen MR) is 78.3 cm³/mol. The summed E-state index contributed by atoms with van der Waals surface area (Å²) in [5.74, 6) is 0.718. The zero-order chi connectivity index (χ0) is 14.1. The summed E-state index contributed by atoms with van der Waals surface area (Å²) in [7, 11) is 0. The number of allylic oxidation sites excluding steroid dienone is 1. The van der Waals surface area contributed by atoms with Gasteiger partial charge in [-0.05, 0) is 31.5 Å². The van der Waals surface area contributed by atoms with E-state index >= 15 is 0 Å². The summed E-state index contributed by atoms with van der Waals surface area (Å²) in [5.41, 5.74) is 2.24. The first kappa shape index (κ1) is 15.5. The third-order valence-corrected chi connectivity index (χ3v) is 2.54. The first-order valence-electron chi connectivity index (χ1n) is 6.37. The van der Waals surface area contributed by atoms with E-state index in [1.165, 1.54) is 5.57 Å². The largest absolute Gasteiger partial charge is 0.486 e. The van der Waals surface area contributed by atoms with Gasteiger partial charge in [0, 0.05) is 0 Å². The Balaban J connectivity index is 2.42. The van der Waals surface area contributed by atoms with Crippen molar-refractivity contribution in [1.29, 1.82) is 0 Å². The molecule has 0 saturated heterocycles. The lowest BCUT2D eigenvalue weighted by molar-refractivity contribution is 0.0296. The molecular weight excluding hydrogens is 240 g/mol. The van der Waals surface area contributed by atoms with Gasteiger partial charge in [0.15, 0.2) is 0 Å². The number of benzene rings is 1. The van der Waals surface area contributed by atoms with Crippen LogP contribution in [-0.2, 0) is 4.74 Å². The Bertz CT molecular complexity index is 403. The number of aliphatic hydroxyl groups is 1. The third kappa shape index (κ3) is 6.22. The monoisotopic (exact) mass is 262 g/mol. The van der Waals surface area contributed by atoms with Crippen LogP contribution in [0.2, 0.25) is 0 Å². The summed E-state index contributed by atoms with van der Waals surface area (Å²) >= 11 is 0. The third-order valence-electron chi connectivity index (χ3n) is 2.54. The highest BCUT2D eigenvalue weighted by molar-refractivity contribution is 5.48. The molecule has 0 aliphatic rings. The fourth-order valence-corrected chi connectivity index (χ4v) is 1.42. The van der Waals surface area contributed by atoms with Gasteiger partial charge in [-0.25, -0.2) is 0 Å². The summed E-state index contributed by atoms with van der Waals surface area (Å²) < 4.78 is 11.1. The smallest absolute Gasteiger partial charge is 0.145 e. The van der Waals surface area contributed by atoms with Crippen molar-refractivity contribution in [2.24, 2.45) is 0 Å². The van der Waals surface area contributed by atoms with Crippen LogP contribution in [-0.4, -0.2) is 31.0 Å². The predicted octanol–water partition coefficient (Wildman–Crippen LogP) is 3.05. The molecule has 3 nitrogen and oxygen atoms in total. The van der Waals surface area contributed by atoms with Crippen LogP contribution >= 0.6 is 0 Å². The lowest BCUT2D eigenvalue weighted by Crippen LogP contribution is -2.27. The van der Waals surface area contributed by atoms with Gasteiger partial charge in [-0.2, -0.15) is 0 Å². The zero-order valence-electron chi connectivity index (χ0n) is 11.6. The average molecular weight is 262 g/mol. The topological polar surface area (TPSA) is 38.7 Å². The van der Waals surface area contributed by atoms with E-state index < -0.39 is 0 Å². The van der Waals surface area contributed by atoms with Gasteiger partial charge in [0.25, 0.3) is 0 Å². The molecule has 1 unspecified atom stereocenters. The van der Waals surface area contributed by atoms with E-state index in [0.29, 0.717) is 13.2 Å². The van der Waals surface area contributed by atoms with Crippen molar-refractivity contribution < 1.29 is 14.6 Å². The van der Waals surface area contributed by atoms with Gasteiger partial charge < -0.3 is 14.6 Å². The maximum Gasteiger partial charge on any atom is 0.145 e. The van der Waals surface area contributed by atoms with Crippen LogP contribution < -0.4 is 4.74 Å². The van der Waals surface area contributed by atoms with Crippen LogP contribution in [0.3, 0.4) is 0 Å². The minimum Gasteiger partial charge on any atom is -0.486 e. The van der Waals surface area contributed by atoms with E-state index in [4.69, 9.17) is 9.47 Å². The SMILES string of the molecule is C=Cc1ccc(OC(CO)COCC=C(C)C)cc1. The first-order valence-corrected chi connectivity index (χ1v) is 6.37. The molecule has 104 valence electrons. The molecule has 0 fully saturated rings. The van der Waals surface area contributed by atoms with E-state index in [-0.39, 0.29) is 12.7 Å². The molecule has 19 heavy (non-hydrogen) atoms. The van der Waals surface area contributed by atoms with Gasteiger partial charge in [-0.3, -0.25) is 0 Å². The molecule has 1 rings (SSSR count). The normalized spacial score (nSPS) is 11.7. The van der Waals surface area contributed by atoms with Gasteiger partial charge in [-0.15, -0.1) is 0 Å². The van der Waals surface area contributed by atoms with E-state index in [1.807, 2.05) is 44.2 Å². The van der Waals surface area contributed by atoms with Crippen molar-refractivity contribution >= 4 is 6.08 Å². The van der Waals surface area contributed by atoms with Gasteiger partial charge in [-0.1, -0.05) is 36.4 Å². The van der Waals surface area contributed by atoms with Crippen LogP contribution in [0.25, 0.3) is 6.08 Å². The number of hydrogen-bond donors (Lipinski definition) is 1. The maximum absolute atomic E-state index is 9.26. The van der Waals surface area contributed by atoms with Gasteiger partial charge in [0.05, 0.1) is 19.8 Å². The Kier molecular flexibility index (Phi) is 6.93. The van der Waals surface area contributed by atoms with Crippen molar-refractivity contribution in [3.8, 4) is 5.75 Å². The quantitative estimate of drug-likeness (QED) is 0.578. The Labute approximate surface area is 115 Å². The molecule has 0 radical (unpaired) electrons. The average Bonchev–Trinajstić information content (AvgIpc) is 2.42. The minimum atomic E-state index is -0.347. The minimum absolute atomic E-state index is 0.0714. The summed E-state index contributed by atoms with van der Waals surface area (Å²) in [4.78, 5) is 0. The van der Waals surface area contributed by atoms with Crippen LogP contribution in [0.15, 0.2) is 42.5 Å². The van der Waals surface area contributed by atoms with E-state index in [1.54, 1.807) is 6.08 Å². The standard InChI is InChI=1S/C16H22O3/c1-4-14-5-7-15(8-6-14)19-16(11-17)12-18-10-9-13(2)3/h4-9,16-17H,1,10-12H2,2-3H3. The van der Waals surface area contributed by atoms with Gasteiger partial charge in [0.1, 0.15) is 11.9 Å². The number of ether oxygens (including phenoxy) is 2. The highest BCUT2D eigenvalue weighted by atomic mass is 16.5. The Morgan fingerprint density at radius 2 is 2.00 bits per heavy atom. The van der Waals surface area contributed by atoms with Crippen LogP contribution in [0.4, 0.5) is 0 Å². The van der Waals surface area contributed by atoms with E-state index in [2.05, 4.69) is 6.58 Å². The lowest BCUT2D eigenvalue weighted by atomic mass is 10.2. The summed E-state index contributed by atoms with van der Waals surface area (Å²) in [5, 5.41) is 9.26. The maximum atomic E-state index is 9.26. The second-order valence-corrected chi connectivity index (χ2v) is 4.51. The van der Waals surface area contributed by atoms with Crippen molar-refractivity contribution in [3.05, 3.63) is 48.1 Å². The Hall–Kier alpha value is -1.58. The first-order chi connectivity index (χ1) is 9.15.